The van der Waals surface area contributed by atoms with Gasteiger partial charge in [-0.25, -0.2) is 9.99 Å². The lowest BCUT2D eigenvalue weighted by molar-refractivity contribution is -0.126. The normalized spacial score (nSPS) is 24.6. The van der Waals surface area contributed by atoms with E-state index in [9.17, 15) is 4.79 Å². The number of β-lactam (4-membered cyclic amide) rings is 1. The molecule has 0 unspecified atom stereocenters. The smallest absolute Gasteiger partial charge is 0.253 e. The molecule has 2 aromatic carbocycles. The SMILES string of the molecule is CC1=NN(c2ccc(C)cc2)[C@@]2(C1)[C@@H](Cl)C(=O)N2c1nc2ccccc2s1. The number of aromatic nitrogens is 1. The fourth-order valence-corrected chi connectivity index (χ4v) is 5.26. The third-order valence-corrected chi connectivity index (χ3v) is 6.69. The minimum Gasteiger partial charge on any atom is -0.272 e. The number of aryl methyl sites for hydroxylation is 1. The summed E-state index contributed by atoms with van der Waals surface area (Å²) in [6.07, 6.45) is 0.594. The molecule has 2 atom stereocenters. The number of para-hydroxylation sites is 1. The van der Waals surface area contributed by atoms with Gasteiger partial charge in [-0.2, -0.15) is 5.10 Å². The Morgan fingerprint density at radius 1 is 1.15 bits per heavy atom. The molecule has 136 valence electrons. The van der Waals surface area contributed by atoms with E-state index in [0.717, 1.165) is 21.6 Å². The van der Waals surface area contributed by atoms with Gasteiger partial charge in [0.05, 0.1) is 15.9 Å². The quantitative estimate of drug-likeness (QED) is 0.472. The highest BCUT2D eigenvalue weighted by Gasteiger charge is 2.67. The lowest BCUT2D eigenvalue weighted by Gasteiger charge is -2.55. The molecule has 27 heavy (non-hydrogen) atoms. The molecule has 2 aliphatic rings. The van der Waals surface area contributed by atoms with Crippen molar-refractivity contribution in [1.82, 2.24) is 4.98 Å². The van der Waals surface area contributed by atoms with Gasteiger partial charge >= 0.3 is 0 Å². The first kappa shape index (κ1) is 16.7. The van der Waals surface area contributed by atoms with Crippen LogP contribution in [0, 0.1) is 6.92 Å². The van der Waals surface area contributed by atoms with Crippen LogP contribution in [-0.2, 0) is 4.79 Å². The third-order valence-electron chi connectivity index (χ3n) is 5.14. The summed E-state index contributed by atoms with van der Waals surface area (Å²) in [6.45, 7) is 4.02. The molecule has 3 heterocycles. The van der Waals surface area contributed by atoms with Crippen molar-refractivity contribution in [1.29, 1.82) is 0 Å². The number of amides is 1. The lowest BCUT2D eigenvalue weighted by Crippen LogP contribution is -2.78. The Balaban J connectivity index is 1.63. The molecule has 0 saturated carbocycles. The van der Waals surface area contributed by atoms with E-state index in [0.29, 0.717) is 11.6 Å². The van der Waals surface area contributed by atoms with Gasteiger partial charge in [0.25, 0.3) is 5.91 Å². The summed E-state index contributed by atoms with van der Waals surface area (Å²) < 4.78 is 1.05. The first-order valence-corrected chi connectivity index (χ1v) is 10.0. The van der Waals surface area contributed by atoms with Gasteiger partial charge in [-0.1, -0.05) is 41.2 Å². The number of anilines is 2. The minimum atomic E-state index is -0.744. The predicted molar refractivity (Wildman–Crippen MR) is 111 cm³/mol. The van der Waals surface area contributed by atoms with Crippen molar-refractivity contribution in [3.8, 4) is 0 Å². The molecule has 1 fully saturated rings. The summed E-state index contributed by atoms with van der Waals surface area (Å²) in [6, 6.07) is 16.0. The van der Waals surface area contributed by atoms with E-state index in [-0.39, 0.29) is 5.91 Å². The first-order chi connectivity index (χ1) is 13.0. The summed E-state index contributed by atoms with van der Waals surface area (Å²) in [5, 5.41) is 6.62. The van der Waals surface area contributed by atoms with Crippen molar-refractivity contribution >= 4 is 55.6 Å². The number of thiazole rings is 1. The standard InChI is InChI=1S/C20H17ClN4OS/c1-12-7-9-14(10-8-12)25-20(11-13(2)23-25)17(21)18(26)24(20)19-22-15-5-3-4-6-16(15)27-19/h3-10,17H,11H2,1-2H3/t17-,20-/m0/s1. The number of nitrogens with zero attached hydrogens (tertiary/aromatic N) is 4. The molecular formula is C20H17ClN4OS. The highest BCUT2D eigenvalue weighted by Crippen LogP contribution is 2.51. The molecule has 1 saturated heterocycles. The molecule has 0 radical (unpaired) electrons. The number of hydrazone groups is 1. The zero-order chi connectivity index (χ0) is 18.8. The monoisotopic (exact) mass is 396 g/mol. The van der Waals surface area contributed by atoms with Crippen molar-refractivity contribution in [3.05, 3.63) is 54.1 Å². The maximum Gasteiger partial charge on any atom is 0.253 e. The lowest BCUT2D eigenvalue weighted by atomic mass is 9.88. The van der Waals surface area contributed by atoms with Crippen LogP contribution in [-0.4, -0.2) is 27.6 Å². The zero-order valence-electron chi connectivity index (χ0n) is 14.9. The van der Waals surface area contributed by atoms with E-state index >= 15 is 0 Å². The Kier molecular flexibility index (Phi) is 3.58. The topological polar surface area (TPSA) is 48.8 Å². The molecule has 1 aromatic heterocycles. The van der Waals surface area contributed by atoms with Crippen molar-refractivity contribution in [3.63, 3.8) is 0 Å². The Labute approximate surface area is 165 Å². The van der Waals surface area contributed by atoms with Crippen molar-refractivity contribution in [2.45, 2.75) is 31.3 Å². The molecule has 5 nitrogen and oxygen atoms in total. The average Bonchev–Trinajstić information content (AvgIpc) is 3.24. The molecule has 1 amide bonds. The Morgan fingerprint density at radius 3 is 2.63 bits per heavy atom. The molecule has 5 rings (SSSR count). The Morgan fingerprint density at radius 2 is 1.89 bits per heavy atom. The average molecular weight is 397 g/mol. The van der Waals surface area contributed by atoms with Crippen LogP contribution in [0.2, 0.25) is 0 Å². The summed E-state index contributed by atoms with van der Waals surface area (Å²) in [7, 11) is 0. The largest absolute Gasteiger partial charge is 0.272 e. The highest BCUT2D eigenvalue weighted by atomic mass is 35.5. The van der Waals surface area contributed by atoms with Crippen LogP contribution in [0.5, 0.6) is 0 Å². The van der Waals surface area contributed by atoms with Crippen molar-refractivity contribution in [2.75, 3.05) is 9.91 Å². The number of carbonyl (C=O) groups is 1. The van der Waals surface area contributed by atoms with Gasteiger partial charge in [0.2, 0.25) is 0 Å². The van der Waals surface area contributed by atoms with Crippen molar-refractivity contribution < 1.29 is 4.79 Å². The van der Waals surface area contributed by atoms with Crippen molar-refractivity contribution in [2.24, 2.45) is 5.10 Å². The van der Waals surface area contributed by atoms with Crippen LogP contribution in [0.25, 0.3) is 10.2 Å². The summed E-state index contributed by atoms with van der Waals surface area (Å²) >= 11 is 8.12. The molecule has 0 bridgehead atoms. The Hall–Kier alpha value is -2.44. The number of alkyl halides is 1. The number of fused-ring (bicyclic) bond motifs is 1. The zero-order valence-corrected chi connectivity index (χ0v) is 16.5. The fourth-order valence-electron chi connectivity index (χ4n) is 3.85. The van der Waals surface area contributed by atoms with Crippen LogP contribution < -0.4 is 9.91 Å². The summed E-state index contributed by atoms with van der Waals surface area (Å²) in [5.41, 5.74) is 3.17. The van der Waals surface area contributed by atoms with Crippen LogP contribution in [0.1, 0.15) is 18.9 Å². The van der Waals surface area contributed by atoms with Gasteiger partial charge in [-0.3, -0.25) is 9.69 Å². The van der Waals surface area contributed by atoms with Gasteiger partial charge < -0.3 is 0 Å². The number of halogens is 1. The second kappa shape index (κ2) is 5.78. The van der Waals surface area contributed by atoms with E-state index in [2.05, 4.69) is 0 Å². The molecule has 1 spiro atoms. The van der Waals surface area contributed by atoms with Crippen LogP contribution >= 0.6 is 22.9 Å². The summed E-state index contributed by atoms with van der Waals surface area (Å²) in [4.78, 5) is 19.2. The molecule has 7 heteroatoms. The van der Waals surface area contributed by atoms with Gasteiger partial charge in [-0.15, -0.1) is 11.6 Å². The van der Waals surface area contributed by atoms with E-state index in [4.69, 9.17) is 21.7 Å². The molecule has 2 aliphatic heterocycles. The van der Waals surface area contributed by atoms with Crippen LogP contribution in [0.4, 0.5) is 10.8 Å². The van der Waals surface area contributed by atoms with E-state index in [1.165, 1.54) is 16.9 Å². The molecular weight excluding hydrogens is 380 g/mol. The number of benzene rings is 2. The van der Waals surface area contributed by atoms with Gasteiger partial charge in [0.1, 0.15) is 0 Å². The van der Waals surface area contributed by atoms with Gasteiger partial charge in [0.15, 0.2) is 16.2 Å². The van der Waals surface area contributed by atoms with E-state index < -0.39 is 11.0 Å². The third kappa shape index (κ3) is 2.26. The van der Waals surface area contributed by atoms with Crippen LogP contribution in [0.15, 0.2) is 53.6 Å². The first-order valence-electron chi connectivity index (χ1n) is 8.75. The number of carbonyl (C=O) groups excluding carboxylic acids is 1. The number of hydrogen-bond acceptors (Lipinski definition) is 5. The number of rotatable bonds is 2. The maximum absolute atomic E-state index is 12.8. The highest BCUT2D eigenvalue weighted by molar-refractivity contribution is 7.22. The second-order valence-corrected chi connectivity index (χ2v) is 8.48. The minimum absolute atomic E-state index is 0.127. The number of hydrogen-bond donors (Lipinski definition) is 0. The fraction of sp³-hybridized carbons (Fsp3) is 0.250. The molecule has 0 N–H and O–H groups in total. The Bertz CT molecular complexity index is 1060. The summed E-state index contributed by atoms with van der Waals surface area (Å²) in [5.74, 6) is -0.127. The van der Waals surface area contributed by atoms with Crippen LogP contribution in [0.3, 0.4) is 0 Å². The van der Waals surface area contributed by atoms with E-state index in [1.54, 1.807) is 4.90 Å². The second-order valence-electron chi connectivity index (χ2n) is 7.04. The van der Waals surface area contributed by atoms with E-state index in [1.807, 2.05) is 67.4 Å². The predicted octanol–water partition coefficient (Wildman–Crippen LogP) is 4.54. The van der Waals surface area contributed by atoms with Gasteiger partial charge in [0, 0.05) is 12.1 Å². The molecule has 3 aromatic rings. The molecule has 0 aliphatic carbocycles. The van der Waals surface area contributed by atoms with Gasteiger partial charge in [-0.05, 0) is 38.1 Å². The maximum atomic E-state index is 12.8.